The highest BCUT2D eigenvalue weighted by atomic mass is 16.6. The summed E-state index contributed by atoms with van der Waals surface area (Å²) in [6.45, 7) is 11.3. The third-order valence-electron chi connectivity index (χ3n) is 11.5. The smallest absolute Gasteiger partial charge is 0.306 e. The van der Waals surface area contributed by atoms with Crippen molar-refractivity contribution in [3.63, 3.8) is 0 Å². The zero-order valence-electron chi connectivity index (χ0n) is 39.0. The van der Waals surface area contributed by atoms with E-state index >= 15 is 0 Å². The van der Waals surface area contributed by atoms with Gasteiger partial charge in [-0.2, -0.15) is 0 Å². The van der Waals surface area contributed by atoms with Crippen molar-refractivity contribution >= 4 is 17.9 Å². The molecule has 0 aromatic heterocycles. The molecule has 0 radical (unpaired) electrons. The number of carbonyl (C=O) groups excluding carboxylic acids is 3. The number of hydrogen-bond donors (Lipinski definition) is 0. The quantitative estimate of drug-likeness (QED) is 0.0346. The van der Waals surface area contributed by atoms with Crippen molar-refractivity contribution < 1.29 is 28.6 Å². The first-order chi connectivity index (χ1) is 27.7. The van der Waals surface area contributed by atoms with Gasteiger partial charge in [-0.05, 0) is 31.1 Å². The first-order valence-corrected chi connectivity index (χ1v) is 25.2. The molecule has 0 amide bonds. The molecule has 0 fully saturated rings. The molecule has 0 rings (SSSR count). The van der Waals surface area contributed by atoms with Gasteiger partial charge in [0.05, 0.1) is 0 Å². The Hall–Kier alpha value is -1.59. The van der Waals surface area contributed by atoms with Crippen molar-refractivity contribution in [1.82, 2.24) is 0 Å². The molecule has 0 heterocycles. The fourth-order valence-corrected chi connectivity index (χ4v) is 7.64. The van der Waals surface area contributed by atoms with E-state index in [9.17, 15) is 14.4 Å². The fraction of sp³-hybridized carbons (Fsp3) is 0.941. The van der Waals surface area contributed by atoms with Crippen LogP contribution in [0.1, 0.15) is 279 Å². The van der Waals surface area contributed by atoms with E-state index in [1.807, 2.05) is 0 Å². The number of carbonyl (C=O) groups is 3. The Morgan fingerprint density at radius 1 is 0.333 bits per heavy atom. The molecule has 338 valence electrons. The van der Waals surface area contributed by atoms with Gasteiger partial charge >= 0.3 is 17.9 Å². The molecule has 0 bridgehead atoms. The Balaban J connectivity index is 4.21. The molecule has 0 saturated carbocycles. The zero-order valence-corrected chi connectivity index (χ0v) is 39.0. The van der Waals surface area contributed by atoms with Crippen molar-refractivity contribution in [2.75, 3.05) is 13.2 Å². The predicted octanol–water partition coefficient (Wildman–Crippen LogP) is 16.1. The SMILES string of the molecule is CCCCCCCCCCCC(=O)OC[C@H](COC(=O)CCCCCCCCCCCCCCCCCCC(C)C)OC(=O)CCCCCCCCCCC(C)C. The van der Waals surface area contributed by atoms with Crippen molar-refractivity contribution in [2.24, 2.45) is 11.8 Å². The number of unbranched alkanes of at least 4 members (excludes halogenated alkanes) is 30. The Labute approximate surface area is 355 Å². The first-order valence-electron chi connectivity index (χ1n) is 25.2. The third-order valence-corrected chi connectivity index (χ3v) is 11.5. The molecule has 0 spiro atoms. The average Bonchev–Trinajstić information content (AvgIpc) is 3.18. The molecule has 0 aliphatic heterocycles. The van der Waals surface area contributed by atoms with E-state index in [0.29, 0.717) is 19.3 Å². The van der Waals surface area contributed by atoms with E-state index in [0.717, 1.165) is 69.6 Å². The minimum Gasteiger partial charge on any atom is -0.462 e. The monoisotopic (exact) mass is 807 g/mol. The van der Waals surface area contributed by atoms with E-state index in [-0.39, 0.29) is 31.1 Å². The van der Waals surface area contributed by atoms with Crippen LogP contribution in [0, 0.1) is 11.8 Å². The highest BCUT2D eigenvalue weighted by Gasteiger charge is 2.19. The van der Waals surface area contributed by atoms with Gasteiger partial charge in [-0.15, -0.1) is 0 Å². The van der Waals surface area contributed by atoms with Crippen molar-refractivity contribution in [3.8, 4) is 0 Å². The summed E-state index contributed by atoms with van der Waals surface area (Å²) in [5.74, 6) is 0.792. The summed E-state index contributed by atoms with van der Waals surface area (Å²) in [7, 11) is 0. The topological polar surface area (TPSA) is 78.9 Å². The molecule has 0 aliphatic carbocycles. The van der Waals surface area contributed by atoms with Crippen LogP contribution in [-0.2, 0) is 28.6 Å². The Kier molecular flexibility index (Phi) is 42.7. The van der Waals surface area contributed by atoms with Gasteiger partial charge in [-0.1, -0.05) is 240 Å². The molecule has 0 N–H and O–H groups in total. The van der Waals surface area contributed by atoms with Crippen molar-refractivity contribution in [3.05, 3.63) is 0 Å². The third kappa shape index (κ3) is 45.3. The first kappa shape index (κ1) is 55.4. The fourth-order valence-electron chi connectivity index (χ4n) is 7.64. The lowest BCUT2D eigenvalue weighted by Crippen LogP contribution is -2.30. The highest BCUT2D eigenvalue weighted by molar-refractivity contribution is 5.71. The molecule has 0 aliphatic rings. The van der Waals surface area contributed by atoms with E-state index in [4.69, 9.17) is 14.2 Å². The van der Waals surface area contributed by atoms with Gasteiger partial charge in [0, 0.05) is 19.3 Å². The second-order valence-electron chi connectivity index (χ2n) is 18.4. The lowest BCUT2D eigenvalue weighted by atomic mass is 10.0. The normalized spacial score (nSPS) is 12.1. The van der Waals surface area contributed by atoms with Gasteiger partial charge in [0.1, 0.15) is 13.2 Å². The minimum atomic E-state index is -0.760. The van der Waals surface area contributed by atoms with E-state index < -0.39 is 6.10 Å². The van der Waals surface area contributed by atoms with E-state index in [1.165, 1.54) is 167 Å². The van der Waals surface area contributed by atoms with Crippen LogP contribution in [0.25, 0.3) is 0 Å². The lowest BCUT2D eigenvalue weighted by Gasteiger charge is -2.18. The predicted molar refractivity (Wildman–Crippen MR) is 243 cm³/mol. The summed E-state index contributed by atoms with van der Waals surface area (Å²) in [4.78, 5) is 37.8. The Morgan fingerprint density at radius 2 is 0.579 bits per heavy atom. The second kappa shape index (κ2) is 44.0. The molecular formula is C51H98O6. The summed E-state index contributed by atoms with van der Waals surface area (Å²) in [6, 6.07) is 0. The van der Waals surface area contributed by atoms with Crippen LogP contribution in [0.3, 0.4) is 0 Å². The van der Waals surface area contributed by atoms with Crippen LogP contribution < -0.4 is 0 Å². The standard InChI is InChI=1S/C51H98O6/c1-6-7-8-9-10-19-26-31-36-41-49(52)55-44-48(57-51(54)43-38-33-28-23-22-25-30-35-40-47(4)5)45-56-50(53)42-37-32-27-21-18-16-14-12-11-13-15-17-20-24-29-34-39-46(2)3/h46-48H,6-45H2,1-5H3/t48-/m1/s1. The zero-order chi connectivity index (χ0) is 41.9. The maximum absolute atomic E-state index is 12.7. The molecular weight excluding hydrogens is 709 g/mol. The minimum absolute atomic E-state index is 0.0643. The van der Waals surface area contributed by atoms with Gasteiger partial charge in [0.25, 0.3) is 0 Å². The van der Waals surface area contributed by atoms with Crippen LogP contribution in [0.5, 0.6) is 0 Å². The molecule has 0 aromatic rings. The second-order valence-corrected chi connectivity index (χ2v) is 18.4. The maximum atomic E-state index is 12.7. The molecule has 0 aromatic carbocycles. The van der Waals surface area contributed by atoms with Crippen LogP contribution in [0.15, 0.2) is 0 Å². The average molecular weight is 807 g/mol. The molecule has 57 heavy (non-hydrogen) atoms. The molecule has 0 saturated heterocycles. The molecule has 6 nitrogen and oxygen atoms in total. The summed E-state index contributed by atoms with van der Waals surface area (Å²) in [5, 5.41) is 0. The molecule has 0 unspecified atom stereocenters. The molecule has 1 atom stereocenters. The Bertz CT molecular complexity index is 870. The maximum Gasteiger partial charge on any atom is 0.306 e. The van der Waals surface area contributed by atoms with Crippen molar-refractivity contribution in [2.45, 2.75) is 285 Å². The highest BCUT2D eigenvalue weighted by Crippen LogP contribution is 2.17. The van der Waals surface area contributed by atoms with Gasteiger partial charge < -0.3 is 14.2 Å². The van der Waals surface area contributed by atoms with Gasteiger partial charge in [-0.25, -0.2) is 0 Å². The Morgan fingerprint density at radius 3 is 0.860 bits per heavy atom. The van der Waals surface area contributed by atoms with Crippen LogP contribution in [0.2, 0.25) is 0 Å². The van der Waals surface area contributed by atoms with E-state index in [1.54, 1.807) is 0 Å². The van der Waals surface area contributed by atoms with E-state index in [2.05, 4.69) is 34.6 Å². The summed E-state index contributed by atoms with van der Waals surface area (Å²) >= 11 is 0. The van der Waals surface area contributed by atoms with Crippen LogP contribution in [0.4, 0.5) is 0 Å². The summed E-state index contributed by atoms with van der Waals surface area (Å²) < 4.78 is 16.7. The number of hydrogen-bond acceptors (Lipinski definition) is 6. The number of rotatable bonds is 45. The molecule has 6 heteroatoms. The van der Waals surface area contributed by atoms with Crippen LogP contribution in [-0.4, -0.2) is 37.2 Å². The van der Waals surface area contributed by atoms with Gasteiger partial charge in [0.15, 0.2) is 6.10 Å². The largest absolute Gasteiger partial charge is 0.462 e. The van der Waals surface area contributed by atoms with Crippen LogP contribution >= 0.6 is 0 Å². The lowest BCUT2D eigenvalue weighted by molar-refractivity contribution is -0.167. The van der Waals surface area contributed by atoms with Crippen molar-refractivity contribution in [1.29, 1.82) is 0 Å². The van der Waals surface area contributed by atoms with Gasteiger partial charge in [-0.3, -0.25) is 14.4 Å². The summed E-state index contributed by atoms with van der Waals surface area (Å²) in [5.41, 5.74) is 0. The van der Waals surface area contributed by atoms with Gasteiger partial charge in [0.2, 0.25) is 0 Å². The number of ether oxygens (including phenoxy) is 3. The summed E-state index contributed by atoms with van der Waals surface area (Å²) in [6.07, 6.45) is 43.9. The number of esters is 3.